The summed E-state index contributed by atoms with van der Waals surface area (Å²) >= 11 is 0. The smallest absolute Gasteiger partial charge is 0.130 e. The van der Waals surface area contributed by atoms with E-state index in [-0.39, 0.29) is 6.61 Å². The third kappa shape index (κ3) is 3.02. The van der Waals surface area contributed by atoms with Gasteiger partial charge >= 0.3 is 0 Å². The first-order chi connectivity index (χ1) is 6.36. The van der Waals surface area contributed by atoms with Gasteiger partial charge in [0.1, 0.15) is 18.1 Å². The fourth-order valence-corrected chi connectivity index (χ4v) is 0.822. The van der Waals surface area contributed by atoms with Gasteiger partial charge in [0.05, 0.1) is 0 Å². The first-order valence-electron chi connectivity index (χ1n) is 3.74. The fraction of sp³-hybridized carbons (Fsp3) is 0.250. The molecule has 1 aromatic rings. The lowest BCUT2D eigenvalue weighted by Crippen LogP contribution is -1.73. The van der Waals surface area contributed by atoms with E-state index in [0.717, 1.165) is 0 Å². The molecule has 1 N–H and O–H groups in total. The Morgan fingerprint density at radius 3 is 3.08 bits per heavy atom. The van der Waals surface area contributed by atoms with E-state index in [9.17, 15) is 0 Å². The molecule has 0 fully saturated rings. The Balaban J connectivity index is 2.53. The van der Waals surface area contributed by atoms with Crippen LogP contribution >= 0.6 is 0 Å². The van der Waals surface area contributed by atoms with Crippen molar-refractivity contribution in [3.8, 4) is 0 Å². The molecule has 0 atom stereocenters. The quantitative estimate of drug-likeness (QED) is 0.436. The average Bonchev–Trinajstić information content (AvgIpc) is 2.60. The molecule has 0 radical (unpaired) electrons. The number of nitrogens with zero attached hydrogens (tertiary/aromatic N) is 3. The van der Waals surface area contributed by atoms with Crippen LogP contribution in [0.25, 0.3) is 16.5 Å². The lowest BCUT2D eigenvalue weighted by molar-refractivity contribution is 0.246. The van der Waals surface area contributed by atoms with Gasteiger partial charge in [0.25, 0.3) is 0 Å². The van der Waals surface area contributed by atoms with E-state index in [1.165, 1.54) is 0 Å². The van der Waals surface area contributed by atoms with Crippen LogP contribution in [0.2, 0.25) is 0 Å². The second kappa shape index (κ2) is 5.03. The molecule has 0 amide bonds. The zero-order valence-electron chi connectivity index (χ0n) is 6.92. The first kappa shape index (κ1) is 9.38. The molecular weight excluding hydrogens is 170 g/mol. The molecule has 0 aromatic carbocycles. The molecule has 68 valence electrons. The van der Waals surface area contributed by atoms with Crippen LogP contribution in [-0.2, 0) is 6.61 Å². The molecule has 0 aliphatic carbocycles. The Labute approximate surface area is 74.9 Å². The van der Waals surface area contributed by atoms with Crippen LogP contribution in [-0.4, -0.2) is 11.7 Å². The summed E-state index contributed by atoms with van der Waals surface area (Å²) in [6.07, 6.45) is 3.37. The van der Waals surface area contributed by atoms with Crippen LogP contribution in [0, 0.1) is 0 Å². The number of hydrogen-bond acceptors (Lipinski definition) is 3. The predicted octanol–water partition coefficient (Wildman–Crippen LogP) is 2.10. The van der Waals surface area contributed by atoms with Gasteiger partial charge in [-0.05, 0) is 23.7 Å². The van der Waals surface area contributed by atoms with Crippen molar-refractivity contribution in [2.75, 3.05) is 6.54 Å². The summed E-state index contributed by atoms with van der Waals surface area (Å²) in [5, 5.41) is 12.0. The van der Waals surface area contributed by atoms with Crippen LogP contribution in [0.5, 0.6) is 0 Å². The predicted molar refractivity (Wildman–Crippen MR) is 47.7 cm³/mol. The van der Waals surface area contributed by atoms with Crippen molar-refractivity contribution in [2.24, 2.45) is 5.11 Å². The molecule has 0 spiro atoms. The van der Waals surface area contributed by atoms with Gasteiger partial charge in [-0.1, -0.05) is 11.2 Å². The minimum atomic E-state index is -0.107. The van der Waals surface area contributed by atoms with Gasteiger partial charge < -0.3 is 9.52 Å². The second-order valence-corrected chi connectivity index (χ2v) is 2.28. The highest BCUT2D eigenvalue weighted by atomic mass is 16.4. The maximum absolute atomic E-state index is 8.68. The van der Waals surface area contributed by atoms with Crippen molar-refractivity contribution < 1.29 is 9.52 Å². The van der Waals surface area contributed by atoms with Crippen LogP contribution in [0.1, 0.15) is 11.5 Å². The summed E-state index contributed by atoms with van der Waals surface area (Å²) in [6.45, 7) is 0.190. The van der Waals surface area contributed by atoms with E-state index in [4.69, 9.17) is 15.1 Å². The van der Waals surface area contributed by atoms with Gasteiger partial charge in [-0.2, -0.15) is 0 Å². The molecule has 13 heavy (non-hydrogen) atoms. The van der Waals surface area contributed by atoms with E-state index in [1.54, 1.807) is 24.3 Å². The summed E-state index contributed by atoms with van der Waals surface area (Å²) in [4.78, 5) is 2.59. The normalized spacial score (nSPS) is 10.2. The minimum Gasteiger partial charge on any atom is -0.459 e. The zero-order chi connectivity index (χ0) is 9.52. The highest BCUT2D eigenvalue weighted by Crippen LogP contribution is 2.08. The number of rotatable bonds is 4. The van der Waals surface area contributed by atoms with Crippen molar-refractivity contribution in [1.82, 2.24) is 0 Å². The average molecular weight is 179 g/mol. The fourth-order valence-electron chi connectivity index (χ4n) is 0.822. The van der Waals surface area contributed by atoms with Crippen molar-refractivity contribution in [3.63, 3.8) is 0 Å². The molecule has 1 heterocycles. The largest absolute Gasteiger partial charge is 0.459 e. The Morgan fingerprint density at radius 1 is 1.62 bits per heavy atom. The molecule has 0 aliphatic heterocycles. The lowest BCUT2D eigenvalue weighted by atomic mass is 10.4. The highest BCUT2D eigenvalue weighted by Gasteiger charge is 1.95. The Kier molecular flexibility index (Phi) is 3.63. The van der Waals surface area contributed by atoms with E-state index in [1.807, 2.05) is 0 Å². The Bertz CT molecular complexity index is 337. The molecule has 0 saturated carbocycles. The number of hydrogen-bond donors (Lipinski definition) is 1. The molecular formula is C8H9N3O2. The van der Waals surface area contributed by atoms with Gasteiger partial charge in [0, 0.05) is 11.5 Å². The molecule has 0 unspecified atom stereocenters. The minimum absolute atomic E-state index is 0.107. The number of aliphatic hydroxyl groups excluding tert-OH is 1. The summed E-state index contributed by atoms with van der Waals surface area (Å²) in [5.41, 5.74) is 7.97. The topological polar surface area (TPSA) is 82.1 Å². The molecule has 0 saturated heterocycles. The third-order valence-electron chi connectivity index (χ3n) is 1.37. The monoisotopic (exact) mass is 179 g/mol. The van der Waals surface area contributed by atoms with Crippen LogP contribution < -0.4 is 0 Å². The second-order valence-electron chi connectivity index (χ2n) is 2.28. The van der Waals surface area contributed by atoms with E-state index in [2.05, 4.69) is 10.0 Å². The summed E-state index contributed by atoms with van der Waals surface area (Å²) in [5.74, 6) is 1.15. The van der Waals surface area contributed by atoms with Gasteiger partial charge in [-0.15, -0.1) is 0 Å². The van der Waals surface area contributed by atoms with Crippen molar-refractivity contribution in [2.45, 2.75) is 6.61 Å². The molecule has 5 heteroatoms. The zero-order valence-corrected chi connectivity index (χ0v) is 6.92. The van der Waals surface area contributed by atoms with Crippen LogP contribution in [0.15, 0.2) is 27.7 Å². The van der Waals surface area contributed by atoms with Crippen molar-refractivity contribution in [1.29, 1.82) is 0 Å². The molecule has 0 bridgehead atoms. The first-order valence-corrected chi connectivity index (χ1v) is 3.74. The van der Waals surface area contributed by atoms with Crippen molar-refractivity contribution >= 4 is 6.08 Å². The van der Waals surface area contributed by atoms with E-state index < -0.39 is 0 Å². The molecule has 1 rings (SSSR count). The number of furan rings is 1. The number of aliphatic hydroxyl groups is 1. The SMILES string of the molecule is [N-]=[N+]=NCC=Cc1ccc(CO)o1. The van der Waals surface area contributed by atoms with Gasteiger partial charge in [-0.3, -0.25) is 0 Å². The molecule has 5 nitrogen and oxygen atoms in total. The molecule has 1 aromatic heterocycles. The summed E-state index contributed by atoms with van der Waals surface area (Å²) < 4.78 is 5.14. The lowest BCUT2D eigenvalue weighted by Gasteiger charge is -1.85. The van der Waals surface area contributed by atoms with Gasteiger partial charge in [0.2, 0.25) is 0 Å². The Hall–Kier alpha value is -1.71. The van der Waals surface area contributed by atoms with E-state index >= 15 is 0 Å². The summed E-state index contributed by atoms with van der Waals surface area (Å²) in [6, 6.07) is 3.42. The third-order valence-corrected chi connectivity index (χ3v) is 1.37. The van der Waals surface area contributed by atoms with E-state index in [0.29, 0.717) is 18.1 Å². The summed E-state index contributed by atoms with van der Waals surface area (Å²) in [7, 11) is 0. The van der Waals surface area contributed by atoms with Crippen LogP contribution in [0.3, 0.4) is 0 Å². The van der Waals surface area contributed by atoms with Crippen molar-refractivity contribution in [3.05, 3.63) is 40.2 Å². The number of azide groups is 1. The maximum atomic E-state index is 8.68. The van der Waals surface area contributed by atoms with Gasteiger partial charge in [0.15, 0.2) is 0 Å². The van der Waals surface area contributed by atoms with Gasteiger partial charge in [-0.25, -0.2) is 0 Å². The standard InChI is InChI=1S/C8H9N3O2/c9-11-10-5-1-2-7-3-4-8(6-12)13-7/h1-4,12H,5-6H2. The van der Waals surface area contributed by atoms with Crippen LogP contribution in [0.4, 0.5) is 0 Å². The molecule has 0 aliphatic rings. The Morgan fingerprint density at radius 2 is 2.46 bits per heavy atom. The highest BCUT2D eigenvalue weighted by molar-refractivity contribution is 5.43. The maximum Gasteiger partial charge on any atom is 0.130 e.